The highest BCUT2D eigenvalue weighted by atomic mass is 16.5. The van der Waals surface area contributed by atoms with Gasteiger partial charge in [0.15, 0.2) is 11.5 Å². The van der Waals surface area contributed by atoms with E-state index in [1.165, 1.54) is 6.33 Å². The minimum Gasteiger partial charge on any atom is -0.493 e. The summed E-state index contributed by atoms with van der Waals surface area (Å²) >= 11 is 0. The Bertz CT molecular complexity index is 1070. The summed E-state index contributed by atoms with van der Waals surface area (Å²) in [6, 6.07) is 14.4. The summed E-state index contributed by atoms with van der Waals surface area (Å²) in [7, 11) is 3.16. The Balaban J connectivity index is 1.79. The van der Waals surface area contributed by atoms with E-state index in [4.69, 9.17) is 9.47 Å². The molecule has 3 aromatic rings. The number of nitrogens with one attached hydrogen (secondary N) is 2. The maximum atomic E-state index is 13.2. The maximum absolute atomic E-state index is 13.2. The molecule has 0 bridgehead atoms. The van der Waals surface area contributed by atoms with Crippen molar-refractivity contribution in [2.24, 2.45) is 0 Å². The van der Waals surface area contributed by atoms with Gasteiger partial charge in [-0.2, -0.15) is 10.1 Å². The van der Waals surface area contributed by atoms with Crippen LogP contribution < -0.4 is 20.1 Å². The molecule has 0 saturated carbocycles. The van der Waals surface area contributed by atoms with Crippen molar-refractivity contribution in [3.63, 3.8) is 0 Å². The average molecular weight is 391 g/mol. The molecule has 2 aromatic carbocycles. The second-order valence-corrected chi connectivity index (χ2v) is 6.53. The number of rotatable bonds is 5. The number of carbonyl (C=O) groups is 1. The number of aromatic nitrogens is 3. The van der Waals surface area contributed by atoms with Crippen LogP contribution >= 0.6 is 0 Å². The molecule has 0 radical (unpaired) electrons. The summed E-state index contributed by atoms with van der Waals surface area (Å²) in [5.74, 6) is 1.53. The first kappa shape index (κ1) is 18.5. The van der Waals surface area contributed by atoms with Crippen molar-refractivity contribution in [3.8, 4) is 11.5 Å². The standard InChI is InChI=1S/C21H21N5O3/c1-13-18(20(27)25-15-7-5-4-6-8-15)19(26-21(24-13)22-12-23-26)14-9-10-16(28-2)17(11-14)29-3/h4-12,19H,1-3H3,(H,25,27)(H,22,23,24)/t19-/m0/s1. The van der Waals surface area contributed by atoms with Gasteiger partial charge in [0.2, 0.25) is 5.95 Å². The maximum Gasteiger partial charge on any atom is 0.255 e. The second-order valence-electron chi connectivity index (χ2n) is 6.53. The van der Waals surface area contributed by atoms with Crippen LogP contribution in [-0.4, -0.2) is 34.9 Å². The minimum absolute atomic E-state index is 0.220. The number of ether oxygens (including phenoxy) is 2. The van der Waals surface area contributed by atoms with Crippen molar-refractivity contribution in [2.75, 3.05) is 24.9 Å². The highest BCUT2D eigenvalue weighted by molar-refractivity contribution is 6.06. The molecule has 148 valence electrons. The smallest absolute Gasteiger partial charge is 0.255 e. The lowest BCUT2D eigenvalue weighted by Crippen LogP contribution is -2.31. The molecule has 1 aliphatic heterocycles. The third-order valence-electron chi connectivity index (χ3n) is 4.79. The van der Waals surface area contributed by atoms with Gasteiger partial charge in [-0.15, -0.1) is 0 Å². The van der Waals surface area contributed by atoms with E-state index in [-0.39, 0.29) is 5.91 Å². The van der Waals surface area contributed by atoms with E-state index < -0.39 is 6.04 Å². The van der Waals surface area contributed by atoms with Gasteiger partial charge in [-0.3, -0.25) is 4.79 Å². The first-order valence-electron chi connectivity index (χ1n) is 9.08. The third-order valence-corrected chi connectivity index (χ3v) is 4.79. The number of allylic oxidation sites excluding steroid dienone is 1. The minimum atomic E-state index is -0.475. The number of hydrogen-bond acceptors (Lipinski definition) is 6. The highest BCUT2D eigenvalue weighted by Gasteiger charge is 2.34. The van der Waals surface area contributed by atoms with E-state index in [1.807, 2.05) is 55.5 Å². The van der Waals surface area contributed by atoms with Gasteiger partial charge in [-0.1, -0.05) is 24.3 Å². The number of anilines is 2. The lowest BCUT2D eigenvalue weighted by molar-refractivity contribution is -0.113. The Hall–Kier alpha value is -3.81. The monoisotopic (exact) mass is 391 g/mol. The van der Waals surface area contributed by atoms with Crippen LogP contribution in [0.3, 0.4) is 0 Å². The molecule has 1 aliphatic rings. The number of carbonyl (C=O) groups excluding carboxylic acids is 1. The summed E-state index contributed by atoms with van der Waals surface area (Å²) in [6.07, 6.45) is 1.46. The molecule has 1 amide bonds. The highest BCUT2D eigenvalue weighted by Crippen LogP contribution is 2.38. The Morgan fingerprint density at radius 2 is 1.86 bits per heavy atom. The van der Waals surface area contributed by atoms with Crippen molar-refractivity contribution in [1.82, 2.24) is 14.8 Å². The number of benzene rings is 2. The van der Waals surface area contributed by atoms with Gasteiger partial charge < -0.3 is 20.1 Å². The number of fused-ring (bicyclic) bond motifs is 1. The number of methoxy groups -OCH3 is 2. The Morgan fingerprint density at radius 1 is 1.10 bits per heavy atom. The summed E-state index contributed by atoms with van der Waals surface area (Å²) in [5.41, 5.74) is 2.79. The van der Waals surface area contributed by atoms with Crippen molar-refractivity contribution in [1.29, 1.82) is 0 Å². The Kier molecular flexibility index (Phi) is 4.90. The molecule has 4 rings (SSSR count). The zero-order valence-electron chi connectivity index (χ0n) is 16.3. The molecule has 0 unspecified atom stereocenters. The molecular formula is C21H21N5O3. The van der Waals surface area contributed by atoms with Gasteiger partial charge in [0, 0.05) is 11.4 Å². The average Bonchev–Trinajstić information content (AvgIpc) is 3.20. The molecule has 0 spiro atoms. The topological polar surface area (TPSA) is 90.3 Å². The van der Waals surface area contributed by atoms with Crippen LogP contribution in [0.25, 0.3) is 0 Å². The Morgan fingerprint density at radius 3 is 2.59 bits per heavy atom. The summed E-state index contributed by atoms with van der Waals surface area (Å²) in [5, 5.41) is 10.5. The lowest BCUT2D eigenvalue weighted by atomic mass is 9.94. The van der Waals surface area contributed by atoms with Crippen molar-refractivity contribution in [2.45, 2.75) is 13.0 Å². The molecule has 8 nitrogen and oxygen atoms in total. The number of nitrogens with zero attached hydrogens (tertiary/aromatic N) is 3. The van der Waals surface area contributed by atoms with Crippen LogP contribution in [0.1, 0.15) is 18.5 Å². The van der Waals surface area contributed by atoms with Crippen molar-refractivity contribution in [3.05, 3.63) is 71.7 Å². The van der Waals surface area contributed by atoms with E-state index in [0.29, 0.717) is 34.4 Å². The van der Waals surface area contributed by atoms with E-state index in [2.05, 4.69) is 20.7 Å². The van der Waals surface area contributed by atoms with E-state index >= 15 is 0 Å². The first-order chi connectivity index (χ1) is 14.1. The zero-order chi connectivity index (χ0) is 20.4. The SMILES string of the molecule is COc1ccc([C@H]2C(C(=O)Nc3ccccc3)=C(C)Nc3ncnn32)cc1OC. The van der Waals surface area contributed by atoms with Gasteiger partial charge in [-0.05, 0) is 36.8 Å². The zero-order valence-corrected chi connectivity index (χ0v) is 16.3. The van der Waals surface area contributed by atoms with Gasteiger partial charge >= 0.3 is 0 Å². The van der Waals surface area contributed by atoms with Crippen LogP contribution in [-0.2, 0) is 4.79 Å². The van der Waals surface area contributed by atoms with Crippen LogP contribution in [0.4, 0.5) is 11.6 Å². The quantitative estimate of drug-likeness (QED) is 0.694. The summed E-state index contributed by atoms with van der Waals surface area (Å²) in [6.45, 7) is 1.85. The number of para-hydroxylation sites is 1. The number of amides is 1. The molecule has 1 atom stereocenters. The Labute approximate surface area is 168 Å². The van der Waals surface area contributed by atoms with Gasteiger partial charge in [0.1, 0.15) is 12.4 Å². The van der Waals surface area contributed by atoms with E-state index in [1.54, 1.807) is 18.9 Å². The van der Waals surface area contributed by atoms with Gasteiger partial charge in [-0.25, -0.2) is 4.68 Å². The molecule has 1 aromatic heterocycles. The van der Waals surface area contributed by atoms with E-state index in [9.17, 15) is 4.79 Å². The predicted molar refractivity (Wildman–Crippen MR) is 109 cm³/mol. The summed E-state index contributed by atoms with van der Waals surface area (Å²) < 4.78 is 12.5. The fourth-order valence-electron chi connectivity index (χ4n) is 3.44. The molecule has 0 fully saturated rings. The van der Waals surface area contributed by atoms with E-state index in [0.717, 1.165) is 5.56 Å². The van der Waals surface area contributed by atoms with Crippen molar-refractivity contribution >= 4 is 17.5 Å². The van der Waals surface area contributed by atoms with Gasteiger partial charge in [0.05, 0.1) is 19.8 Å². The number of hydrogen-bond donors (Lipinski definition) is 2. The van der Waals surface area contributed by atoms with Crippen molar-refractivity contribution < 1.29 is 14.3 Å². The molecular weight excluding hydrogens is 370 g/mol. The molecule has 2 heterocycles. The molecule has 8 heteroatoms. The summed E-state index contributed by atoms with van der Waals surface area (Å²) in [4.78, 5) is 17.5. The van der Waals surface area contributed by atoms with Crippen LogP contribution in [0.5, 0.6) is 11.5 Å². The molecule has 29 heavy (non-hydrogen) atoms. The largest absolute Gasteiger partial charge is 0.493 e. The molecule has 2 N–H and O–H groups in total. The normalized spacial score (nSPS) is 15.3. The fraction of sp³-hybridized carbons (Fsp3) is 0.190. The lowest BCUT2D eigenvalue weighted by Gasteiger charge is -2.29. The second kappa shape index (κ2) is 7.67. The first-order valence-corrected chi connectivity index (χ1v) is 9.08. The van der Waals surface area contributed by atoms with Crippen LogP contribution in [0.15, 0.2) is 66.1 Å². The van der Waals surface area contributed by atoms with Crippen LogP contribution in [0.2, 0.25) is 0 Å². The molecule has 0 saturated heterocycles. The third kappa shape index (κ3) is 3.40. The molecule has 0 aliphatic carbocycles. The van der Waals surface area contributed by atoms with Crippen LogP contribution in [0, 0.1) is 0 Å². The predicted octanol–water partition coefficient (Wildman–Crippen LogP) is 3.22. The fourth-order valence-corrected chi connectivity index (χ4v) is 3.44. The van der Waals surface area contributed by atoms with Gasteiger partial charge in [0.25, 0.3) is 5.91 Å².